The van der Waals surface area contributed by atoms with E-state index in [1.165, 1.54) is 0 Å². The Labute approximate surface area is 97.6 Å². The number of nitrogens with zero attached hydrogens (tertiary/aromatic N) is 1. The molecule has 1 aliphatic carbocycles. The Hall–Kier alpha value is -0.170. The maximum Gasteiger partial charge on any atom is 0.279 e. The fraction of sp³-hybridized carbons (Fsp3) is 1.00. The highest BCUT2D eigenvalue weighted by Gasteiger charge is 2.38. The topological polar surface area (TPSA) is 75.4 Å². The first kappa shape index (κ1) is 12.3. The van der Waals surface area contributed by atoms with Crippen LogP contribution < -0.4 is 10.5 Å². The highest BCUT2D eigenvalue weighted by molar-refractivity contribution is 7.87. The quantitative estimate of drug-likeness (QED) is 0.728. The number of nitrogens with one attached hydrogen (secondary N) is 1. The summed E-state index contributed by atoms with van der Waals surface area (Å²) in [6.45, 7) is 3.85. The van der Waals surface area contributed by atoms with Gasteiger partial charge in [-0.25, -0.2) is 0 Å². The van der Waals surface area contributed by atoms with Crippen molar-refractivity contribution in [3.05, 3.63) is 0 Å². The Morgan fingerprint density at radius 3 is 2.75 bits per heavy atom. The molecule has 1 heterocycles. The number of nitrogens with two attached hydrogens (primary N) is 1. The van der Waals surface area contributed by atoms with Crippen LogP contribution in [0.3, 0.4) is 0 Å². The Bertz CT molecular complexity index is 344. The maximum absolute atomic E-state index is 12.0. The van der Waals surface area contributed by atoms with Crippen molar-refractivity contribution in [1.29, 1.82) is 0 Å². The van der Waals surface area contributed by atoms with E-state index in [2.05, 4.69) is 11.6 Å². The molecule has 2 rings (SSSR count). The van der Waals surface area contributed by atoms with Gasteiger partial charge in [0.15, 0.2) is 0 Å². The molecule has 2 fully saturated rings. The van der Waals surface area contributed by atoms with Gasteiger partial charge in [-0.2, -0.15) is 17.4 Å². The first-order valence-corrected chi connectivity index (χ1v) is 7.44. The van der Waals surface area contributed by atoms with Gasteiger partial charge >= 0.3 is 0 Å². The molecule has 94 valence electrons. The van der Waals surface area contributed by atoms with Crippen molar-refractivity contribution in [2.45, 2.75) is 32.2 Å². The van der Waals surface area contributed by atoms with Gasteiger partial charge in [-0.05, 0) is 37.6 Å². The zero-order valence-electron chi connectivity index (χ0n) is 9.72. The van der Waals surface area contributed by atoms with Crippen LogP contribution in [0.15, 0.2) is 0 Å². The third-order valence-corrected chi connectivity index (χ3v) is 5.18. The summed E-state index contributed by atoms with van der Waals surface area (Å²) < 4.78 is 28.3. The number of piperidine rings is 1. The molecular weight excluding hydrogens is 226 g/mol. The Morgan fingerprint density at radius 2 is 2.19 bits per heavy atom. The van der Waals surface area contributed by atoms with Crippen LogP contribution in [-0.2, 0) is 10.2 Å². The molecule has 0 aromatic rings. The van der Waals surface area contributed by atoms with Gasteiger partial charge in [0.25, 0.3) is 10.2 Å². The second-order valence-corrected chi connectivity index (χ2v) is 6.75. The summed E-state index contributed by atoms with van der Waals surface area (Å²) in [4.78, 5) is 0. The van der Waals surface area contributed by atoms with Crippen molar-refractivity contribution in [1.82, 2.24) is 9.03 Å². The minimum absolute atomic E-state index is 0.156. The molecule has 3 N–H and O–H groups in total. The third kappa shape index (κ3) is 2.74. The first-order valence-electron chi connectivity index (χ1n) is 6.00. The molecule has 1 aliphatic heterocycles. The Morgan fingerprint density at radius 1 is 1.50 bits per heavy atom. The van der Waals surface area contributed by atoms with Crippen molar-refractivity contribution in [2.75, 3.05) is 19.6 Å². The lowest BCUT2D eigenvalue weighted by Crippen LogP contribution is -2.48. The van der Waals surface area contributed by atoms with E-state index in [4.69, 9.17) is 5.73 Å². The van der Waals surface area contributed by atoms with Gasteiger partial charge in [-0.3, -0.25) is 0 Å². The molecule has 2 aliphatic rings. The minimum Gasteiger partial charge on any atom is -0.330 e. The summed E-state index contributed by atoms with van der Waals surface area (Å²) in [6, 6.07) is 0.156. The molecular formula is C10H21N3O2S. The van der Waals surface area contributed by atoms with E-state index in [0.717, 1.165) is 19.3 Å². The van der Waals surface area contributed by atoms with Crippen LogP contribution in [0, 0.1) is 11.8 Å². The summed E-state index contributed by atoms with van der Waals surface area (Å²) in [5, 5.41) is 0. The van der Waals surface area contributed by atoms with Crippen molar-refractivity contribution in [3.8, 4) is 0 Å². The summed E-state index contributed by atoms with van der Waals surface area (Å²) >= 11 is 0. The highest BCUT2D eigenvalue weighted by Crippen LogP contribution is 2.30. The molecule has 0 amide bonds. The predicted molar refractivity (Wildman–Crippen MR) is 63.0 cm³/mol. The zero-order valence-corrected chi connectivity index (χ0v) is 10.5. The van der Waals surface area contributed by atoms with E-state index in [0.29, 0.717) is 31.5 Å². The summed E-state index contributed by atoms with van der Waals surface area (Å²) in [5.41, 5.74) is 5.60. The van der Waals surface area contributed by atoms with Gasteiger partial charge < -0.3 is 5.73 Å². The van der Waals surface area contributed by atoms with Gasteiger partial charge in [-0.15, -0.1) is 0 Å². The SMILES string of the molecule is CC1CC1NS(=O)(=O)N1CCCC(CN)C1. The molecule has 0 radical (unpaired) electrons. The molecule has 1 saturated heterocycles. The molecule has 16 heavy (non-hydrogen) atoms. The van der Waals surface area contributed by atoms with Crippen molar-refractivity contribution in [2.24, 2.45) is 17.6 Å². The number of hydrogen-bond donors (Lipinski definition) is 2. The average Bonchev–Trinajstić information content (AvgIpc) is 2.93. The van der Waals surface area contributed by atoms with Crippen LogP contribution in [-0.4, -0.2) is 38.4 Å². The Balaban J connectivity index is 1.94. The molecule has 1 saturated carbocycles. The number of hydrogen-bond acceptors (Lipinski definition) is 3. The fourth-order valence-corrected chi connectivity index (χ4v) is 3.83. The molecule has 0 aromatic carbocycles. The lowest BCUT2D eigenvalue weighted by Gasteiger charge is -2.31. The van der Waals surface area contributed by atoms with Gasteiger partial charge in [0, 0.05) is 19.1 Å². The van der Waals surface area contributed by atoms with Crippen LogP contribution >= 0.6 is 0 Å². The van der Waals surface area contributed by atoms with Crippen molar-refractivity contribution in [3.63, 3.8) is 0 Å². The van der Waals surface area contributed by atoms with Gasteiger partial charge in [0.1, 0.15) is 0 Å². The largest absolute Gasteiger partial charge is 0.330 e. The average molecular weight is 247 g/mol. The van der Waals surface area contributed by atoms with Crippen molar-refractivity contribution >= 4 is 10.2 Å². The molecule has 0 spiro atoms. The molecule has 3 unspecified atom stereocenters. The fourth-order valence-electron chi connectivity index (χ4n) is 2.19. The van der Waals surface area contributed by atoms with Crippen LogP contribution in [0.25, 0.3) is 0 Å². The summed E-state index contributed by atoms with van der Waals surface area (Å²) in [5.74, 6) is 0.812. The normalized spacial score (nSPS) is 36.2. The number of rotatable bonds is 4. The lowest BCUT2D eigenvalue weighted by atomic mass is 10.0. The van der Waals surface area contributed by atoms with E-state index < -0.39 is 10.2 Å². The summed E-state index contributed by atoms with van der Waals surface area (Å²) in [6.07, 6.45) is 2.93. The second-order valence-electron chi connectivity index (χ2n) is 5.04. The summed E-state index contributed by atoms with van der Waals surface area (Å²) in [7, 11) is -3.27. The van der Waals surface area contributed by atoms with E-state index >= 15 is 0 Å². The standard InChI is InChI=1S/C10H21N3O2S/c1-8-5-10(8)12-16(14,15)13-4-2-3-9(6-11)7-13/h8-10,12H,2-7,11H2,1H3. The van der Waals surface area contributed by atoms with E-state index in [9.17, 15) is 8.42 Å². The molecule has 3 atom stereocenters. The monoisotopic (exact) mass is 247 g/mol. The zero-order chi connectivity index (χ0) is 11.8. The van der Waals surface area contributed by atoms with Crippen LogP contribution in [0.2, 0.25) is 0 Å². The Kier molecular flexibility index (Phi) is 3.53. The van der Waals surface area contributed by atoms with Crippen LogP contribution in [0.5, 0.6) is 0 Å². The van der Waals surface area contributed by atoms with Crippen molar-refractivity contribution < 1.29 is 8.42 Å². The van der Waals surface area contributed by atoms with Gasteiger partial charge in [0.05, 0.1) is 0 Å². The smallest absolute Gasteiger partial charge is 0.279 e. The lowest BCUT2D eigenvalue weighted by molar-refractivity contribution is 0.268. The third-order valence-electron chi connectivity index (χ3n) is 3.56. The molecule has 5 nitrogen and oxygen atoms in total. The minimum atomic E-state index is -3.27. The van der Waals surface area contributed by atoms with Gasteiger partial charge in [0.2, 0.25) is 0 Å². The highest BCUT2D eigenvalue weighted by atomic mass is 32.2. The van der Waals surface area contributed by atoms with Crippen LogP contribution in [0.4, 0.5) is 0 Å². The second kappa shape index (κ2) is 4.60. The van der Waals surface area contributed by atoms with Gasteiger partial charge in [-0.1, -0.05) is 6.92 Å². The molecule has 0 aromatic heterocycles. The van der Waals surface area contributed by atoms with Crippen LogP contribution in [0.1, 0.15) is 26.2 Å². The first-order chi connectivity index (χ1) is 7.53. The van der Waals surface area contributed by atoms with E-state index in [1.54, 1.807) is 4.31 Å². The maximum atomic E-state index is 12.0. The van der Waals surface area contributed by atoms with E-state index in [1.807, 2.05) is 0 Å². The molecule has 6 heteroatoms. The van der Waals surface area contributed by atoms with E-state index in [-0.39, 0.29) is 6.04 Å². The molecule has 0 bridgehead atoms. The predicted octanol–water partition coefficient (Wildman–Crippen LogP) is -0.100.